The van der Waals surface area contributed by atoms with Crippen molar-refractivity contribution >= 4 is 12.6 Å². The van der Waals surface area contributed by atoms with Gasteiger partial charge in [0, 0.05) is 0 Å². The zero-order valence-electron chi connectivity index (χ0n) is 17.6. The molecular formula is C25H42S. The molecule has 0 aromatic heterocycles. The molecule has 2 saturated carbocycles. The van der Waals surface area contributed by atoms with Crippen LogP contribution in [0.25, 0.3) is 0 Å². The summed E-state index contributed by atoms with van der Waals surface area (Å²) in [5.74, 6) is 2.82. The molecule has 2 fully saturated rings. The lowest BCUT2D eigenvalue weighted by Gasteiger charge is -2.39. The molecule has 2 aliphatic carbocycles. The van der Waals surface area contributed by atoms with Crippen LogP contribution in [0.1, 0.15) is 91.4 Å². The smallest absolute Gasteiger partial charge is 0.000885 e. The van der Waals surface area contributed by atoms with Gasteiger partial charge in [0.2, 0.25) is 0 Å². The quantitative estimate of drug-likeness (QED) is 0.210. The van der Waals surface area contributed by atoms with E-state index in [9.17, 15) is 0 Å². The van der Waals surface area contributed by atoms with Crippen molar-refractivity contribution in [1.29, 1.82) is 0 Å². The summed E-state index contributed by atoms with van der Waals surface area (Å²) < 4.78 is 0. The minimum Gasteiger partial charge on any atom is -0.176 e. The minimum atomic E-state index is 0.286. The standard InChI is InChI=1S/C25H42S/c1-5-6-7-8-9-16-25(3,4)17-15-21-11-10-12-22(21)19-24-14-13-23(24)18-20(2)26/h5,9,15-16,20,22-24,26H,1,6-8,10-14,17-19H2,2-4H3/b16-9-,21-15+/t20?,22-,23?,24?/m0/s1. The van der Waals surface area contributed by atoms with Crippen molar-refractivity contribution < 1.29 is 0 Å². The molecule has 0 heterocycles. The lowest BCUT2D eigenvalue weighted by molar-refractivity contribution is 0.138. The Morgan fingerprint density at radius 3 is 2.62 bits per heavy atom. The van der Waals surface area contributed by atoms with Crippen LogP contribution in [0.5, 0.6) is 0 Å². The summed E-state index contributed by atoms with van der Waals surface area (Å²) in [5, 5.41) is 0.570. The van der Waals surface area contributed by atoms with E-state index >= 15 is 0 Å². The van der Waals surface area contributed by atoms with Crippen LogP contribution in [0.2, 0.25) is 0 Å². The summed E-state index contributed by atoms with van der Waals surface area (Å²) in [4.78, 5) is 0. The molecule has 0 N–H and O–H groups in total. The summed E-state index contributed by atoms with van der Waals surface area (Å²) in [7, 11) is 0. The Labute approximate surface area is 169 Å². The van der Waals surface area contributed by atoms with E-state index in [0.29, 0.717) is 5.25 Å². The zero-order chi connectivity index (χ0) is 19.0. The molecule has 0 nitrogen and oxygen atoms in total. The van der Waals surface area contributed by atoms with Gasteiger partial charge in [-0.15, -0.1) is 6.58 Å². The van der Waals surface area contributed by atoms with Crippen LogP contribution >= 0.6 is 12.6 Å². The lowest BCUT2D eigenvalue weighted by atomic mass is 9.67. The highest BCUT2D eigenvalue weighted by atomic mass is 32.1. The molecule has 0 spiro atoms. The summed E-state index contributed by atoms with van der Waals surface area (Å²) >= 11 is 4.62. The van der Waals surface area contributed by atoms with Crippen molar-refractivity contribution in [1.82, 2.24) is 0 Å². The number of thiol groups is 1. The fourth-order valence-electron chi connectivity index (χ4n) is 4.79. The maximum atomic E-state index is 4.62. The summed E-state index contributed by atoms with van der Waals surface area (Å²) in [5.41, 5.74) is 2.07. The number of hydrogen-bond donors (Lipinski definition) is 1. The molecule has 148 valence electrons. The van der Waals surface area contributed by atoms with Crippen molar-refractivity contribution in [3.8, 4) is 0 Å². The van der Waals surface area contributed by atoms with E-state index in [-0.39, 0.29) is 5.41 Å². The van der Waals surface area contributed by atoms with Gasteiger partial charge in [0.25, 0.3) is 0 Å². The molecular weight excluding hydrogens is 332 g/mol. The summed E-state index contributed by atoms with van der Waals surface area (Å²) in [6.45, 7) is 10.8. The molecule has 0 amide bonds. The fraction of sp³-hybridized carbons (Fsp3) is 0.760. The highest BCUT2D eigenvalue weighted by Gasteiger charge is 2.34. The molecule has 2 aliphatic rings. The predicted molar refractivity (Wildman–Crippen MR) is 121 cm³/mol. The largest absolute Gasteiger partial charge is 0.176 e. The van der Waals surface area contributed by atoms with Crippen molar-refractivity contribution in [3.63, 3.8) is 0 Å². The van der Waals surface area contributed by atoms with E-state index in [1.165, 1.54) is 64.2 Å². The Hall–Kier alpha value is -0.430. The molecule has 0 radical (unpaired) electrons. The maximum Gasteiger partial charge on any atom is -0.000885 e. The van der Waals surface area contributed by atoms with Gasteiger partial charge in [-0.1, -0.05) is 50.6 Å². The van der Waals surface area contributed by atoms with Crippen molar-refractivity contribution in [2.75, 3.05) is 0 Å². The molecule has 26 heavy (non-hydrogen) atoms. The Kier molecular flexibility index (Phi) is 9.07. The molecule has 0 aromatic rings. The lowest BCUT2D eigenvalue weighted by Crippen LogP contribution is -2.29. The number of hydrogen-bond acceptors (Lipinski definition) is 1. The van der Waals surface area contributed by atoms with E-state index in [0.717, 1.165) is 24.2 Å². The monoisotopic (exact) mass is 374 g/mol. The van der Waals surface area contributed by atoms with E-state index in [1.807, 2.05) is 6.08 Å². The van der Waals surface area contributed by atoms with Crippen molar-refractivity contribution in [2.24, 2.45) is 23.2 Å². The van der Waals surface area contributed by atoms with Crippen LogP contribution in [-0.2, 0) is 0 Å². The van der Waals surface area contributed by atoms with Gasteiger partial charge in [-0.3, -0.25) is 0 Å². The first-order valence-electron chi connectivity index (χ1n) is 11.1. The number of rotatable bonds is 11. The second-order valence-corrected chi connectivity index (χ2v) is 10.5. The van der Waals surface area contributed by atoms with Crippen LogP contribution in [0.4, 0.5) is 0 Å². The molecule has 0 bridgehead atoms. The zero-order valence-corrected chi connectivity index (χ0v) is 18.4. The molecule has 1 heteroatoms. The normalized spacial score (nSPS) is 29.2. The van der Waals surface area contributed by atoms with Gasteiger partial charge in [-0.2, -0.15) is 12.6 Å². The molecule has 0 aliphatic heterocycles. The topological polar surface area (TPSA) is 0 Å². The highest BCUT2D eigenvalue weighted by Crippen LogP contribution is 2.46. The molecule has 3 unspecified atom stereocenters. The van der Waals surface area contributed by atoms with Crippen LogP contribution in [0, 0.1) is 23.2 Å². The van der Waals surface area contributed by atoms with E-state index < -0.39 is 0 Å². The summed E-state index contributed by atoms with van der Waals surface area (Å²) in [6.07, 6.45) is 24.1. The Morgan fingerprint density at radius 1 is 1.19 bits per heavy atom. The third-order valence-electron chi connectivity index (χ3n) is 6.59. The first kappa shape index (κ1) is 21.9. The SMILES string of the molecule is C=CCCC/C=C\C(C)(C)C/C=C1\CCC[C@H]1CC1CCC1CC(C)S. The first-order valence-corrected chi connectivity index (χ1v) is 11.6. The van der Waals surface area contributed by atoms with Gasteiger partial charge in [0.05, 0.1) is 0 Å². The van der Waals surface area contributed by atoms with Gasteiger partial charge in [0.1, 0.15) is 0 Å². The molecule has 0 saturated heterocycles. The van der Waals surface area contributed by atoms with Gasteiger partial charge < -0.3 is 0 Å². The average Bonchev–Trinajstić information content (AvgIpc) is 3.02. The number of allylic oxidation sites excluding steroid dienone is 5. The third kappa shape index (κ3) is 7.29. The van der Waals surface area contributed by atoms with Crippen molar-refractivity contribution in [3.05, 3.63) is 36.5 Å². The van der Waals surface area contributed by atoms with E-state index in [2.05, 4.69) is 58.2 Å². The molecule has 2 rings (SSSR count). The molecule has 0 aromatic carbocycles. The van der Waals surface area contributed by atoms with Crippen LogP contribution < -0.4 is 0 Å². The van der Waals surface area contributed by atoms with Gasteiger partial charge in [-0.25, -0.2) is 0 Å². The second-order valence-electron chi connectivity index (χ2n) is 9.60. The Morgan fingerprint density at radius 2 is 1.96 bits per heavy atom. The third-order valence-corrected chi connectivity index (χ3v) is 6.80. The van der Waals surface area contributed by atoms with Crippen LogP contribution in [-0.4, -0.2) is 5.25 Å². The van der Waals surface area contributed by atoms with Gasteiger partial charge >= 0.3 is 0 Å². The fourth-order valence-corrected chi connectivity index (χ4v) is 5.06. The van der Waals surface area contributed by atoms with E-state index in [1.54, 1.807) is 5.57 Å². The molecule has 4 atom stereocenters. The van der Waals surface area contributed by atoms with Crippen LogP contribution in [0.15, 0.2) is 36.5 Å². The van der Waals surface area contributed by atoms with Gasteiger partial charge in [0.15, 0.2) is 0 Å². The van der Waals surface area contributed by atoms with Crippen LogP contribution in [0.3, 0.4) is 0 Å². The Balaban J connectivity index is 1.81. The number of unbranched alkanes of at least 4 members (excludes halogenated alkanes) is 2. The highest BCUT2D eigenvalue weighted by molar-refractivity contribution is 7.80. The van der Waals surface area contributed by atoms with E-state index in [4.69, 9.17) is 0 Å². The summed E-state index contributed by atoms with van der Waals surface area (Å²) in [6, 6.07) is 0. The average molecular weight is 375 g/mol. The Bertz CT molecular complexity index is 482. The second kappa shape index (κ2) is 10.8. The minimum absolute atomic E-state index is 0.286. The van der Waals surface area contributed by atoms with Crippen molar-refractivity contribution in [2.45, 2.75) is 96.7 Å². The predicted octanol–water partition coefficient (Wildman–Crippen LogP) is 8.17. The first-order chi connectivity index (χ1) is 12.4. The maximum absolute atomic E-state index is 4.62. The van der Waals surface area contributed by atoms with Gasteiger partial charge in [-0.05, 0) is 99.0 Å².